The van der Waals surface area contributed by atoms with Gasteiger partial charge >= 0.3 is 0 Å². The molecule has 5 nitrogen and oxygen atoms in total. The van der Waals surface area contributed by atoms with Crippen LogP contribution in [-0.2, 0) is 6.54 Å². The number of aryl methyl sites for hydroxylation is 1. The fourth-order valence-corrected chi connectivity index (χ4v) is 2.70. The maximum atomic E-state index is 10.1. The van der Waals surface area contributed by atoms with E-state index in [0.29, 0.717) is 5.56 Å². The third kappa shape index (κ3) is 17.8. The molecule has 0 saturated heterocycles. The third-order valence-corrected chi connectivity index (χ3v) is 4.41. The van der Waals surface area contributed by atoms with Crippen LogP contribution in [0.4, 0.5) is 0 Å². The molecule has 0 fully saturated rings. The molecule has 0 aliphatic rings. The summed E-state index contributed by atoms with van der Waals surface area (Å²) in [5.41, 5.74) is 2.77. The number of aldehydes is 1. The lowest BCUT2D eigenvalue weighted by Crippen LogP contribution is -2.13. The predicted molar refractivity (Wildman–Crippen MR) is 157 cm³/mol. The standard InChI is InChI=1S/C12H15N3.C7H6OS.C5H13N.C3H8.C2H6/c1-9-10-6-4-5-7-11(10)14-12(13-9)8-15(2)3;8-5-6-1-3-7(9)4-2-6;1-3-4-5-6-2;1-3-2;1-2/h4-7H,8H2,1-3H3;1-5,9H;6H,3-5H2,1-2H3;3H2,1-2H3;1-2H3. The van der Waals surface area contributed by atoms with Gasteiger partial charge in [-0.2, -0.15) is 0 Å². The van der Waals surface area contributed by atoms with Gasteiger partial charge in [0.2, 0.25) is 0 Å². The smallest absolute Gasteiger partial charge is 0.150 e. The minimum Gasteiger partial charge on any atom is -0.320 e. The van der Waals surface area contributed by atoms with Gasteiger partial charge < -0.3 is 10.2 Å². The van der Waals surface area contributed by atoms with E-state index in [4.69, 9.17) is 0 Å². The second kappa shape index (κ2) is 23.5. The Morgan fingerprint density at radius 2 is 1.54 bits per heavy atom. The summed E-state index contributed by atoms with van der Waals surface area (Å²) < 4.78 is 0. The molecule has 1 N–H and O–H groups in total. The lowest BCUT2D eigenvalue weighted by molar-refractivity contribution is 0.112. The average Bonchev–Trinajstić information content (AvgIpc) is 2.85. The van der Waals surface area contributed by atoms with Crippen molar-refractivity contribution >= 4 is 29.8 Å². The van der Waals surface area contributed by atoms with Gasteiger partial charge in [-0.25, -0.2) is 9.97 Å². The Kier molecular flexibility index (Phi) is 23.4. The van der Waals surface area contributed by atoms with Crippen molar-refractivity contribution < 1.29 is 4.79 Å². The fraction of sp³-hybridized carbons (Fsp3) is 0.483. The Balaban J connectivity index is 0. The zero-order chi connectivity index (χ0) is 27.1. The Bertz CT molecular complexity index is 895. The summed E-state index contributed by atoms with van der Waals surface area (Å²) in [6.45, 7) is 14.4. The number of nitrogens with zero attached hydrogens (tertiary/aromatic N) is 3. The number of carbonyl (C=O) groups is 1. The maximum absolute atomic E-state index is 10.1. The molecule has 0 bridgehead atoms. The van der Waals surface area contributed by atoms with E-state index in [1.54, 1.807) is 24.3 Å². The van der Waals surface area contributed by atoms with Crippen molar-refractivity contribution in [1.82, 2.24) is 20.2 Å². The fourth-order valence-electron chi connectivity index (χ4n) is 2.55. The topological polar surface area (TPSA) is 58.1 Å². The molecule has 0 aliphatic heterocycles. The van der Waals surface area contributed by atoms with E-state index in [-0.39, 0.29) is 0 Å². The van der Waals surface area contributed by atoms with Crippen LogP contribution >= 0.6 is 12.6 Å². The summed E-state index contributed by atoms with van der Waals surface area (Å²) in [5.74, 6) is 0.885. The van der Waals surface area contributed by atoms with E-state index >= 15 is 0 Å². The van der Waals surface area contributed by atoms with Gasteiger partial charge in [-0.3, -0.25) is 4.79 Å². The van der Waals surface area contributed by atoms with Gasteiger partial charge in [-0.15, -0.1) is 12.6 Å². The monoisotopic (exact) mass is 500 g/mol. The van der Waals surface area contributed by atoms with Crippen LogP contribution in [0.5, 0.6) is 0 Å². The molecule has 3 rings (SSSR count). The summed E-state index contributed by atoms with van der Waals surface area (Å²) in [5, 5.41) is 4.21. The molecule has 1 aromatic heterocycles. The molecule has 0 unspecified atom stereocenters. The number of rotatable bonds is 6. The number of carbonyl (C=O) groups excluding carboxylic acids is 1. The highest BCUT2D eigenvalue weighted by molar-refractivity contribution is 7.80. The molecule has 0 amide bonds. The Morgan fingerprint density at radius 3 is 2.00 bits per heavy atom. The van der Waals surface area contributed by atoms with Crippen molar-refractivity contribution in [2.24, 2.45) is 0 Å². The number of fused-ring (bicyclic) bond motifs is 1. The molecule has 196 valence electrons. The molecule has 2 aromatic carbocycles. The second-order valence-electron chi connectivity index (χ2n) is 7.85. The number of hydrogen-bond donors (Lipinski definition) is 2. The van der Waals surface area contributed by atoms with Crippen molar-refractivity contribution in [2.75, 3.05) is 27.7 Å². The Morgan fingerprint density at radius 1 is 0.971 bits per heavy atom. The zero-order valence-electron chi connectivity index (χ0n) is 23.4. The second-order valence-corrected chi connectivity index (χ2v) is 8.37. The van der Waals surface area contributed by atoms with Crippen molar-refractivity contribution in [2.45, 2.75) is 72.2 Å². The van der Waals surface area contributed by atoms with Crippen LogP contribution in [0.1, 0.15) is 75.8 Å². The minimum atomic E-state index is 0.688. The first-order valence-electron chi connectivity index (χ1n) is 12.6. The summed E-state index contributed by atoms with van der Waals surface area (Å²) in [6, 6.07) is 15.1. The average molecular weight is 501 g/mol. The normalized spacial score (nSPS) is 9.34. The molecule has 1 heterocycles. The van der Waals surface area contributed by atoms with Gasteiger partial charge in [-0.1, -0.05) is 77.8 Å². The lowest BCUT2D eigenvalue weighted by Gasteiger charge is -2.09. The van der Waals surface area contributed by atoms with Crippen LogP contribution in [0.3, 0.4) is 0 Å². The molecule has 0 aliphatic carbocycles. The van der Waals surface area contributed by atoms with E-state index < -0.39 is 0 Å². The van der Waals surface area contributed by atoms with Crippen molar-refractivity contribution in [3.63, 3.8) is 0 Å². The van der Waals surface area contributed by atoms with E-state index in [9.17, 15) is 4.79 Å². The van der Waals surface area contributed by atoms with Crippen molar-refractivity contribution in [3.05, 3.63) is 65.6 Å². The molecule has 0 atom stereocenters. The number of hydrogen-bond acceptors (Lipinski definition) is 6. The zero-order valence-corrected chi connectivity index (χ0v) is 24.3. The van der Waals surface area contributed by atoms with Crippen LogP contribution in [0, 0.1) is 6.92 Å². The maximum Gasteiger partial charge on any atom is 0.150 e. The Hall–Kier alpha value is -2.28. The van der Waals surface area contributed by atoms with E-state index in [0.717, 1.165) is 46.7 Å². The highest BCUT2D eigenvalue weighted by Crippen LogP contribution is 2.14. The van der Waals surface area contributed by atoms with Crippen LogP contribution < -0.4 is 5.32 Å². The quantitative estimate of drug-likeness (QED) is 0.212. The number of thiol groups is 1. The lowest BCUT2D eigenvalue weighted by atomic mass is 10.2. The largest absolute Gasteiger partial charge is 0.320 e. The molecular formula is C29H48N4OS. The first kappa shape index (κ1) is 34.9. The number of nitrogens with one attached hydrogen (secondary N) is 1. The van der Waals surface area contributed by atoms with E-state index in [1.807, 2.05) is 60.1 Å². The number of aromatic nitrogens is 2. The van der Waals surface area contributed by atoms with Gasteiger partial charge in [0.05, 0.1) is 12.1 Å². The molecule has 3 aromatic rings. The van der Waals surface area contributed by atoms with E-state index in [2.05, 4.69) is 59.7 Å². The number of para-hydroxylation sites is 1. The molecular weight excluding hydrogens is 452 g/mol. The minimum absolute atomic E-state index is 0.688. The van der Waals surface area contributed by atoms with Crippen molar-refractivity contribution in [3.8, 4) is 0 Å². The van der Waals surface area contributed by atoms with Crippen LogP contribution in [0.25, 0.3) is 10.9 Å². The first-order valence-corrected chi connectivity index (χ1v) is 13.0. The van der Waals surface area contributed by atoms with Gasteiger partial charge in [-0.05, 0) is 59.2 Å². The molecule has 0 saturated carbocycles. The van der Waals surface area contributed by atoms with E-state index in [1.165, 1.54) is 19.3 Å². The summed E-state index contributed by atoms with van der Waals surface area (Å²) >= 11 is 4.05. The highest BCUT2D eigenvalue weighted by atomic mass is 32.1. The SMILES string of the molecule is CC.CCC.CCCCNC.Cc1nc(CN(C)C)nc2ccccc12.O=Cc1ccc(S)cc1. The number of benzene rings is 2. The molecule has 6 heteroatoms. The van der Waals surface area contributed by atoms with Gasteiger partial charge in [0.1, 0.15) is 12.1 Å². The van der Waals surface area contributed by atoms with Gasteiger partial charge in [0.15, 0.2) is 0 Å². The molecule has 35 heavy (non-hydrogen) atoms. The van der Waals surface area contributed by atoms with Crippen molar-refractivity contribution in [1.29, 1.82) is 0 Å². The summed E-state index contributed by atoms with van der Waals surface area (Å²) in [6.07, 6.45) is 4.66. The van der Waals surface area contributed by atoms with Crippen LogP contribution in [0.15, 0.2) is 53.4 Å². The molecule has 0 spiro atoms. The van der Waals surface area contributed by atoms with Crippen LogP contribution in [-0.4, -0.2) is 48.8 Å². The summed E-state index contributed by atoms with van der Waals surface area (Å²) in [7, 11) is 6.03. The first-order chi connectivity index (χ1) is 16.8. The van der Waals surface area contributed by atoms with Gasteiger partial charge in [0, 0.05) is 21.5 Å². The highest BCUT2D eigenvalue weighted by Gasteiger charge is 2.04. The summed E-state index contributed by atoms with van der Waals surface area (Å²) in [4.78, 5) is 22.1. The Labute approximate surface area is 220 Å². The number of unbranched alkanes of at least 4 members (excludes halogenated alkanes) is 1. The third-order valence-electron chi connectivity index (χ3n) is 4.11. The predicted octanol–water partition coefficient (Wildman–Crippen LogP) is 7.24. The van der Waals surface area contributed by atoms with Crippen LogP contribution in [0.2, 0.25) is 0 Å². The van der Waals surface area contributed by atoms with Gasteiger partial charge in [0.25, 0.3) is 0 Å². The molecule has 0 radical (unpaired) electrons.